The summed E-state index contributed by atoms with van der Waals surface area (Å²) in [5, 5.41) is 8.57. The monoisotopic (exact) mass is 446 g/mol. The molecule has 0 saturated carbocycles. The van der Waals surface area contributed by atoms with Gasteiger partial charge in [-0.15, -0.1) is 0 Å². The van der Waals surface area contributed by atoms with Gasteiger partial charge in [0.2, 0.25) is 5.82 Å². The molecule has 166 valence electrons. The smallest absolute Gasteiger partial charge is 0.258 e. The third kappa shape index (κ3) is 4.32. The molecule has 0 fully saturated rings. The highest BCUT2D eigenvalue weighted by Crippen LogP contribution is 2.38. The number of rotatable bonds is 5. The van der Waals surface area contributed by atoms with Crippen molar-refractivity contribution in [2.75, 3.05) is 6.54 Å². The summed E-state index contributed by atoms with van der Waals surface area (Å²) in [7, 11) is 0. The van der Waals surface area contributed by atoms with Crippen molar-refractivity contribution in [2.24, 2.45) is 5.92 Å². The van der Waals surface area contributed by atoms with Crippen LogP contribution in [0.1, 0.15) is 55.0 Å². The van der Waals surface area contributed by atoms with Crippen molar-refractivity contribution in [2.45, 2.75) is 47.6 Å². The maximum atomic E-state index is 5.83. The summed E-state index contributed by atoms with van der Waals surface area (Å²) in [5.74, 6) is 1.56. The maximum Gasteiger partial charge on any atom is 0.258 e. The van der Waals surface area contributed by atoms with Crippen molar-refractivity contribution in [1.82, 2.24) is 20.4 Å². The Morgan fingerprint density at radius 3 is 2.53 bits per heavy atom. The third-order valence-electron chi connectivity index (χ3n) is 5.94. The lowest BCUT2D eigenvalue weighted by molar-refractivity contribution is 0.386. The second-order valence-electron chi connectivity index (χ2n) is 9.02. The molecule has 6 heteroatoms. The van der Waals surface area contributed by atoms with Gasteiger partial charge in [-0.05, 0) is 68.6 Å². The topological polar surface area (TPSA) is 54.2 Å². The Bertz CT molecular complexity index is 1190. The lowest BCUT2D eigenvalue weighted by Crippen LogP contribution is -2.47. The van der Waals surface area contributed by atoms with Gasteiger partial charge >= 0.3 is 0 Å². The van der Waals surface area contributed by atoms with Crippen LogP contribution < -0.4 is 5.32 Å². The molecule has 4 rings (SSSR count). The molecule has 1 aromatic heterocycles. The minimum Gasteiger partial charge on any atom is -0.351 e. The van der Waals surface area contributed by atoms with E-state index in [1.807, 2.05) is 12.1 Å². The molecule has 0 spiro atoms. The third-order valence-corrected chi connectivity index (χ3v) is 6.28. The second kappa shape index (κ2) is 8.87. The number of nitrogens with one attached hydrogen (secondary N) is 1. The summed E-state index contributed by atoms with van der Waals surface area (Å²) >= 11 is 5.77. The predicted octanol–water partition coefficient (Wildman–Crippen LogP) is 5.98. The van der Waals surface area contributed by atoms with Crippen LogP contribution in [0, 0.1) is 26.7 Å². The second-order valence-corrected chi connectivity index (χ2v) is 9.41. The SMILES string of the molecule is CC1=C(c2nc(-c3cccc(C)c3)no2)C(c2ccc(C)c(C)c2)NC(=S)N1CC(C)C. The molecule has 0 radical (unpaired) electrons. The molecule has 32 heavy (non-hydrogen) atoms. The molecule has 2 heterocycles. The van der Waals surface area contributed by atoms with Crippen LogP contribution in [0.5, 0.6) is 0 Å². The molecule has 0 bridgehead atoms. The van der Waals surface area contributed by atoms with E-state index >= 15 is 0 Å². The molecule has 0 saturated heterocycles. The average molecular weight is 447 g/mol. The molecule has 1 atom stereocenters. The van der Waals surface area contributed by atoms with Crippen LogP contribution in [0.2, 0.25) is 0 Å². The van der Waals surface area contributed by atoms with Crippen LogP contribution in [0.15, 0.2) is 52.7 Å². The predicted molar refractivity (Wildman–Crippen MR) is 133 cm³/mol. The normalized spacial score (nSPS) is 16.7. The summed E-state index contributed by atoms with van der Waals surface area (Å²) in [6.45, 7) is 13.6. The van der Waals surface area contributed by atoms with E-state index in [4.69, 9.17) is 21.7 Å². The molecule has 1 aliphatic heterocycles. The van der Waals surface area contributed by atoms with Gasteiger partial charge in [-0.2, -0.15) is 4.98 Å². The Labute approximate surface area is 195 Å². The number of hydrogen-bond donors (Lipinski definition) is 1. The summed E-state index contributed by atoms with van der Waals surface area (Å²) in [4.78, 5) is 6.95. The first-order valence-corrected chi connectivity index (χ1v) is 11.4. The van der Waals surface area contributed by atoms with Crippen molar-refractivity contribution in [3.8, 4) is 11.4 Å². The first-order chi connectivity index (χ1) is 15.2. The molecule has 1 aliphatic rings. The fourth-order valence-electron chi connectivity index (χ4n) is 4.07. The summed E-state index contributed by atoms with van der Waals surface area (Å²) in [6, 6.07) is 14.5. The molecule has 5 nitrogen and oxygen atoms in total. The van der Waals surface area contributed by atoms with Crippen LogP contribution in [-0.4, -0.2) is 26.7 Å². The number of allylic oxidation sites excluding steroid dienone is 1. The molecule has 2 aromatic carbocycles. The number of thiocarbonyl (C=S) groups is 1. The van der Waals surface area contributed by atoms with Gasteiger partial charge in [-0.3, -0.25) is 0 Å². The van der Waals surface area contributed by atoms with Gasteiger partial charge in [0.1, 0.15) is 0 Å². The van der Waals surface area contributed by atoms with Crippen LogP contribution >= 0.6 is 12.2 Å². The Balaban J connectivity index is 1.83. The highest BCUT2D eigenvalue weighted by atomic mass is 32.1. The van der Waals surface area contributed by atoms with Gasteiger partial charge in [-0.25, -0.2) is 0 Å². The largest absolute Gasteiger partial charge is 0.351 e. The van der Waals surface area contributed by atoms with Gasteiger partial charge in [0.05, 0.1) is 11.6 Å². The van der Waals surface area contributed by atoms with Gasteiger partial charge in [0, 0.05) is 17.8 Å². The van der Waals surface area contributed by atoms with E-state index in [1.165, 1.54) is 11.1 Å². The fourth-order valence-corrected chi connectivity index (χ4v) is 4.40. The van der Waals surface area contributed by atoms with Crippen LogP contribution in [0.25, 0.3) is 17.0 Å². The van der Waals surface area contributed by atoms with Crippen molar-refractivity contribution in [3.05, 3.63) is 76.3 Å². The first-order valence-electron chi connectivity index (χ1n) is 11.0. The zero-order valence-electron chi connectivity index (χ0n) is 19.6. The molecule has 1 unspecified atom stereocenters. The Hall–Kier alpha value is -2.99. The van der Waals surface area contributed by atoms with Gasteiger partial charge in [0.25, 0.3) is 5.89 Å². The molecule has 1 N–H and O–H groups in total. The molecular formula is C26H30N4OS. The highest BCUT2D eigenvalue weighted by molar-refractivity contribution is 7.80. The lowest BCUT2D eigenvalue weighted by atomic mass is 9.92. The number of hydrogen-bond acceptors (Lipinski definition) is 4. The van der Waals surface area contributed by atoms with Crippen LogP contribution in [-0.2, 0) is 0 Å². The minimum atomic E-state index is -0.156. The average Bonchev–Trinajstić information content (AvgIpc) is 3.22. The number of aromatic nitrogens is 2. The van der Waals surface area contributed by atoms with E-state index < -0.39 is 0 Å². The Morgan fingerprint density at radius 1 is 1.06 bits per heavy atom. The van der Waals surface area contributed by atoms with E-state index in [1.54, 1.807) is 0 Å². The minimum absolute atomic E-state index is 0.156. The van der Waals surface area contributed by atoms with E-state index in [0.717, 1.165) is 39.6 Å². The summed E-state index contributed by atoms with van der Waals surface area (Å²) in [6.07, 6.45) is 0. The maximum absolute atomic E-state index is 5.83. The Kier molecular flexibility index (Phi) is 6.15. The number of nitrogens with zero attached hydrogens (tertiary/aromatic N) is 3. The van der Waals surface area contributed by atoms with Crippen molar-refractivity contribution in [3.63, 3.8) is 0 Å². The van der Waals surface area contributed by atoms with Crippen molar-refractivity contribution >= 4 is 22.9 Å². The van der Waals surface area contributed by atoms with Gasteiger partial charge in [0.15, 0.2) is 5.11 Å². The fraction of sp³-hybridized carbons (Fsp3) is 0.346. The van der Waals surface area contributed by atoms with Crippen LogP contribution in [0.4, 0.5) is 0 Å². The summed E-state index contributed by atoms with van der Waals surface area (Å²) in [5.41, 5.74) is 7.74. The van der Waals surface area contributed by atoms with E-state index in [2.05, 4.69) is 87.2 Å². The quantitative estimate of drug-likeness (QED) is 0.487. The molecule has 0 amide bonds. The highest BCUT2D eigenvalue weighted by Gasteiger charge is 2.34. The van der Waals surface area contributed by atoms with Crippen molar-refractivity contribution in [1.29, 1.82) is 0 Å². The van der Waals surface area contributed by atoms with Gasteiger partial charge < -0.3 is 14.7 Å². The first kappa shape index (κ1) is 22.2. The molecular weight excluding hydrogens is 416 g/mol. The van der Waals surface area contributed by atoms with Gasteiger partial charge in [-0.1, -0.05) is 61.0 Å². The van der Waals surface area contributed by atoms with Crippen LogP contribution in [0.3, 0.4) is 0 Å². The molecule has 0 aliphatic carbocycles. The number of aryl methyl sites for hydroxylation is 3. The van der Waals surface area contributed by atoms with Crippen molar-refractivity contribution < 1.29 is 4.52 Å². The van der Waals surface area contributed by atoms with E-state index in [0.29, 0.717) is 17.6 Å². The van der Waals surface area contributed by atoms with E-state index in [9.17, 15) is 0 Å². The summed E-state index contributed by atoms with van der Waals surface area (Å²) < 4.78 is 5.83. The molecule has 3 aromatic rings. The number of benzene rings is 2. The Morgan fingerprint density at radius 2 is 1.84 bits per heavy atom. The zero-order chi connectivity index (χ0) is 23.0. The lowest BCUT2D eigenvalue weighted by Gasteiger charge is -2.38. The standard InChI is InChI=1S/C26H30N4OS/c1-15(2)14-30-19(6)22(23(27-26(30)32)20-11-10-17(4)18(5)13-20)25-28-24(29-31-25)21-9-7-8-16(3)12-21/h7-13,15,23H,14H2,1-6H3,(H,27,32). The van der Waals surface area contributed by atoms with E-state index in [-0.39, 0.29) is 6.04 Å². The zero-order valence-corrected chi connectivity index (χ0v) is 20.4.